The molecule has 0 bridgehead atoms. The van der Waals surface area contributed by atoms with Crippen molar-refractivity contribution in [2.24, 2.45) is 5.73 Å². The maximum absolute atomic E-state index is 13.6. The van der Waals surface area contributed by atoms with E-state index in [4.69, 9.17) is 15.7 Å². The molecule has 0 amide bonds. The summed E-state index contributed by atoms with van der Waals surface area (Å²) in [6, 6.07) is 19.6. The van der Waals surface area contributed by atoms with Gasteiger partial charge in [0.1, 0.15) is 17.4 Å². The van der Waals surface area contributed by atoms with E-state index >= 15 is 0 Å². The van der Waals surface area contributed by atoms with Gasteiger partial charge < -0.3 is 25.5 Å². The standard InChI is InChI=1S/C24H21N4O4/c1-15-13-20-22(24(29)27(15)12-11-16-5-3-2-4-6-16)21(19(14-25)23(26)32-20)17-7-9-18(10-8-17)28(30)31/h2-10,13,21,30H,11-12,26H2,1H3/q-1/t21-/m1/s1. The van der Waals surface area contributed by atoms with Crippen molar-refractivity contribution in [2.75, 3.05) is 5.23 Å². The number of ether oxygens (including phenoxy) is 1. The summed E-state index contributed by atoms with van der Waals surface area (Å²) < 4.78 is 7.32. The summed E-state index contributed by atoms with van der Waals surface area (Å²) in [7, 11) is 0. The number of fused-ring (bicyclic) bond motifs is 1. The van der Waals surface area contributed by atoms with Crippen molar-refractivity contribution < 1.29 is 9.94 Å². The Labute approximate surface area is 184 Å². The molecule has 1 aromatic heterocycles. The first-order valence-electron chi connectivity index (χ1n) is 10.0. The summed E-state index contributed by atoms with van der Waals surface area (Å²) in [6.07, 6.45) is 0.666. The zero-order chi connectivity index (χ0) is 22.8. The van der Waals surface area contributed by atoms with Gasteiger partial charge in [0.15, 0.2) is 0 Å². The molecule has 2 heterocycles. The van der Waals surface area contributed by atoms with E-state index in [1.165, 1.54) is 12.1 Å². The van der Waals surface area contributed by atoms with Gasteiger partial charge in [0.05, 0.1) is 17.2 Å². The van der Waals surface area contributed by atoms with E-state index in [1.54, 1.807) is 22.8 Å². The predicted molar refractivity (Wildman–Crippen MR) is 119 cm³/mol. The van der Waals surface area contributed by atoms with Crippen molar-refractivity contribution in [1.29, 1.82) is 5.26 Å². The quantitative estimate of drug-likeness (QED) is 0.596. The summed E-state index contributed by atoms with van der Waals surface area (Å²) in [5.41, 5.74) is 8.60. The van der Waals surface area contributed by atoms with Crippen LogP contribution in [0.15, 0.2) is 76.9 Å². The third-order valence-electron chi connectivity index (χ3n) is 5.60. The Morgan fingerprint density at radius 2 is 1.91 bits per heavy atom. The van der Waals surface area contributed by atoms with Crippen molar-refractivity contribution in [3.63, 3.8) is 0 Å². The van der Waals surface area contributed by atoms with Crippen LogP contribution < -0.4 is 21.3 Å². The Hall–Kier alpha value is -4.06. The van der Waals surface area contributed by atoms with Gasteiger partial charge in [-0.05, 0) is 36.6 Å². The van der Waals surface area contributed by atoms with Crippen LogP contribution in [0.3, 0.4) is 0 Å². The second-order valence-electron chi connectivity index (χ2n) is 7.55. The number of hydrogen-bond acceptors (Lipinski definition) is 7. The number of benzene rings is 2. The highest BCUT2D eigenvalue weighted by Gasteiger charge is 2.34. The van der Waals surface area contributed by atoms with Crippen LogP contribution >= 0.6 is 0 Å². The summed E-state index contributed by atoms with van der Waals surface area (Å²) in [6.45, 7) is 2.29. The molecule has 32 heavy (non-hydrogen) atoms. The number of pyridine rings is 1. The lowest BCUT2D eigenvalue weighted by molar-refractivity contribution is 0.296. The summed E-state index contributed by atoms with van der Waals surface area (Å²) in [5.74, 6) is -0.517. The first kappa shape index (κ1) is 21.2. The first-order valence-corrected chi connectivity index (χ1v) is 10.0. The number of hydrogen-bond donors (Lipinski definition) is 2. The Kier molecular flexibility index (Phi) is 5.69. The smallest absolute Gasteiger partial charge is 0.258 e. The van der Waals surface area contributed by atoms with Crippen LogP contribution in [-0.2, 0) is 13.0 Å². The lowest BCUT2D eigenvalue weighted by atomic mass is 9.84. The Balaban J connectivity index is 1.81. The van der Waals surface area contributed by atoms with Crippen LogP contribution in [0, 0.1) is 23.5 Å². The SMILES string of the molecule is Cc1cc2c(c(=O)n1CCc1ccccc1)[C@H](c1ccc(N([O-])O)cc1)C(C#N)=C(N)O2. The fraction of sp³-hybridized carbons (Fsp3) is 0.167. The molecule has 0 aliphatic carbocycles. The van der Waals surface area contributed by atoms with E-state index in [2.05, 4.69) is 6.07 Å². The number of nitrogens with two attached hydrogens (primary N) is 1. The Morgan fingerprint density at radius 1 is 1.22 bits per heavy atom. The van der Waals surface area contributed by atoms with E-state index in [9.17, 15) is 15.3 Å². The van der Waals surface area contributed by atoms with Crippen LogP contribution in [0.4, 0.5) is 5.69 Å². The largest absolute Gasteiger partial charge is 0.733 e. The van der Waals surface area contributed by atoms with Crippen molar-refractivity contribution in [2.45, 2.75) is 25.8 Å². The van der Waals surface area contributed by atoms with Crippen molar-refractivity contribution in [3.8, 4) is 11.8 Å². The lowest BCUT2D eigenvalue weighted by Gasteiger charge is -2.28. The number of allylic oxidation sites excluding steroid dienone is 1. The van der Waals surface area contributed by atoms with E-state index in [0.717, 1.165) is 5.56 Å². The molecular formula is C24H21N4O4-. The number of nitrogens with zero attached hydrogens (tertiary/aromatic N) is 3. The minimum Gasteiger partial charge on any atom is -0.733 e. The van der Waals surface area contributed by atoms with Crippen LogP contribution in [0.2, 0.25) is 0 Å². The minimum atomic E-state index is -0.757. The van der Waals surface area contributed by atoms with Crippen LogP contribution in [-0.4, -0.2) is 9.77 Å². The predicted octanol–water partition coefficient (Wildman–Crippen LogP) is 3.31. The molecule has 3 aromatic rings. The molecule has 0 fully saturated rings. The van der Waals surface area contributed by atoms with Gasteiger partial charge in [0, 0.05) is 18.3 Å². The average molecular weight is 429 g/mol. The lowest BCUT2D eigenvalue weighted by Crippen LogP contribution is -2.33. The van der Waals surface area contributed by atoms with E-state index in [1.807, 2.05) is 37.3 Å². The van der Waals surface area contributed by atoms with Crippen LogP contribution in [0.5, 0.6) is 5.75 Å². The highest BCUT2D eigenvalue weighted by atomic mass is 16.8. The van der Waals surface area contributed by atoms with Gasteiger partial charge in [-0.25, -0.2) is 0 Å². The topological polar surface area (TPSA) is 128 Å². The molecule has 1 atom stereocenters. The van der Waals surface area contributed by atoms with Gasteiger partial charge in [-0.2, -0.15) is 5.26 Å². The monoisotopic (exact) mass is 429 g/mol. The Bertz CT molecular complexity index is 1270. The van der Waals surface area contributed by atoms with E-state index in [0.29, 0.717) is 35.5 Å². The molecule has 1 aliphatic heterocycles. The summed E-state index contributed by atoms with van der Waals surface area (Å²) >= 11 is 0. The van der Waals surface area contributed by atoms with Gasteiger partial charge in [0.2, 0.25) is 5.88 Å². The summed E-state index contributed by atoms with van der Waals surface area (Å²) in [4.78, 5) is 13.6. The van der Waals surface area contributed by atoms with Gasteiger partial charge in [0.25, 0.3) is 5.56 Å². The molecule has 4 rings (SSSR count). The summed E-state index contributed by atoms with van der Waals surface area (Å²) in [5, 5.41) is 29.8. The highest BCUT2D eigenvalue weighted by Crippen LogP contribution is 2.40. The molecule has 162 valence electrons. The molecule has 8 heteroatoms. The van der Waals surface area contributed by atoms with Crippen molar-refractivity contribution in [3.05, 3.63) is 110 Å². The number of anilines is 1. The number of aromatic nitrogens is 1. The molecule has 0 saturated heterocycles. The molecule has 0 saturated carbocycles. The second-order valence-corrected chi connectivity index (χ2v) is 7.55. The normalized spacial score (nSPS) is 15.0. The molecule has 0 unspecified atom stereocenters. The van der Waals surface area contributed by atoms with Gasteiger partial charge in [-0.15, -0.1) is 0 Å². The van der Waals surface area contributed by atoms with Crippen LogP contribution in [0.1, 0.15) is 28.3 Å². The fourth-order valence-electron chi connectivity index (χ4n) is 3.98. The van der Waals surface area contributed by atoms with Gasteiger partial charge >= 0.3 is 0 Å². The maximum atomic E-state index is 13.6. The maximum Gasteiger partial charge on any atom is 0.258 e. The molecule has 0 radical (unpaired) electrons. The van der Waals surface area contributed by atoms with Gasteiger partial charge in [-0.3, -0.25) is 10.0 Å². The molecule has 2 aromatic carbocycles. The third kappa shape index (κ3) is 3.83. The van der Waals surface area contributed by atoms with E-state index in [-0.39, 0.29) is 27.9 Å². The van der Waals surface area contributed by atoms with Crippen molar-refractivity contribution in [1.82, 2.24) is 4.57 Å². The van der Waals surface area contributed by atoms with Gasteiger partial charge in [-0.1, -0.05) is 42.5 Å². The average Bonchev–Trinajstić information content (AvgIpc) is 2.78. The third-order valence-corrected chi connectivity index (χ3v) is 5.60. The second kappa shape index (κ2) is 8.59. The number of nitriles is 1. The zero-order valence-corrected chi connectivity index (χ0v) is 17.4. The highest BCUT2D eigenvalue weighted by molar-refractivity contribution is 5.57. The van der Waals surface area contributed by atoms with Crippen molar-refractivity contribution >= 4 is 5.69 Å². The molecule has 3 N–H and O–H groups in total. The molecule has 1 aliphatic rings. The number of aryl methyl sites for hydroxylation is 2. The Morgan fingerprint density at radius 3 is 2.53 bits per heavy atom. The molecule has 8 nitrogen and oxygen atoms in total. The molecule has 0 spiro atoms. The number of rotatable bonds is 5. The van der Waals surface area contributed by atoms with Crippen LogP contribution in [0.25, 0.3) is 0 Å². The molecular weight excluding hydrogens is 408 g/mol. The first-order chi connectivity index (χ1) is 15.4. The van der Waals surface area contributed by atoms with E-state index < -0.39 is 5.92 Å². The minimum absolute atomic E-state index is 0.0284. The fourth-order valence-corrected chi connectivity index (χ4v) is 3.98. The zero-order valence-electron chi connectivity index (χ0n) is 17.4.